The Balaban J connectivity index is 2.04. The van der Waals surface area contributed by atoms with Crippen LogP contribution in [0.1, 0.15) is 41.5 Å². The van der Waals surface area contributed by atoms with Gasteiger partial charge in [0.05, 0.1) is 25.4 Å². The molecular weight excluding hydrogens is 533 g/mol. The first-order chi connectivity index (χ1) is 16.4. The molecule has 0 aromatic rings. The van der Waals surface area contributed by atoms with Crippen LogP contribution >= 0.6 is 23.5 Å². The zero-order chi connectivity index (χ0) is 27.6. The molecular formula is C18H37O14P3. The molecule has 2 heterocycles. The van der Waals surface area contributed by atoms with Gasteiger partial charge in [-0.15, -0.1) is 0 Å². The van der Waals surface area contributed by atoms with Crippen molar-refractivity contribution in [2.45, 2.75) is 66.3 Å². The van der Waals surface area contributed by atoms with Crippen molar-refractivity contribution in [3.8, 4) is 0 Å². The fourth-order valence-corrected chi connectivity index (χ4v) is 5.97. The Bertz CT molecular complexity index is 872. The van der Waals surface area contributed by atoms with E-state index in [1.807, 2.05) is 20.8 Å². The molecule has 2 aliphatic heterocycles. The van der Waals surface area contributed by atoms with E-state index in [1.165, 1.54) is 0 Å². The van der Waals surface area contributed by atoms with Crippen molar-refractivity contribution in [3.05, 3.63) is 0 Å². The van der Waals surface area contributed by atoms with Crippen molar-refractivity contribution in [2.24, 2.45) is 35.5 Å². The minimum absolute atomic E-state index is 0.121. The average Bonchev–Trinajstić information content (AvgIpc) is 2.77. The predicted molar refractivity (Wildman–Crippen MR) is 120 cm³/mol. The molecule has 35 heavy (non-hydrogen) atoms. The van der Waals surface area contributed by atoms with Gasteiger partial charge in [0.2, 0.25) is 1.43 Å². The van der Waals surface area contributed by atoms with Gasteiger partial charge in [-0.25, -0.2) is 13.7 Å². The van der Waals surface area contributed by atoms with E-state index in [0.717, 1.165) is 0 Å². The monoisotopic (exact) mass is 572 g/mol. The molecule has 0 aromatic carbocycles. The van der Waals surface area contributed by atoms with E-state index in [-0.39, 0.29) is 35.5 Å². The van der Waals surface area contributed by atoms with Crippen molar-refractivity contribution in [2.75, 3.05) is 13.2 Å². The van der Waals surface area contributed by atoms with Crippen LogP contribution in [0.15, 0.2) is 0 Å². The van der Waals surface area contributed by atoms with Gasteiger partial charge in [-0.05, 0) is 23.7 Å². The van der Waals surface area contributed by atoms with Gasteiger partial charge < -0.3 is 33.9 Å². The maximum Gasteiger partial charge on any atom is 0.474 e. The second-order valence-corrected chi connectivity index (χ2v) is 13.3. The molecule has 6 unspecified atom stereocenters. The summed E-state index contributed by atoms with van der Waals surface area (Å²) in [6, 6.07) is 0. The topological polar surface area (TPSA) is 208 Å². The number of rotatable bonds is 11. The Hall–Kier alpha value is 0.250. The minimum Gasteiger partial charge on any atom is -0.346 e. The lowest BCUT2D eigenvalue weighted by Gasteiger charge is -2.44. The third-order valence-electron chi connectivity index (χ3n) is 7.25. The molecule has 0 saturated carbocycles. The van der Waals surface area contributed by atoms with Crippen molar-refractivity contribution in [1.82, 2.24) is 0 Å². The fourth-order valence-electron chi connectivity index (χ4n) is 4.23. The molecule has 5 N–H and O–H groups in total. The molecule has 0 bridgehead atoms. The van der Waals surface area contributed by atoms with Crippen LogP contribution in [0.5, 0.6) is 0 Å². The highest BCUT2D eigenvalue weighted by molar-refractivity contribution is 7.47. The summed E-state index contributed by atoms with van der Waals surface area (Å²) in [7, 11) is -14.1. The predicted octanol–water partition coefficient (Wildman–Crippen LogP) is 2.61. The van der Waals surface area contributed by atoms with Gasteiger partial charge in [0.25, 0.3) is 0 Å². The van der Waals surface area contributed by atoms with Crippen molar-refractivity contribution < 1.29 is 65.7 Å². The minimum atomic E-state index is -4.74. The lowest BCUT2D eigenvalue weighted by molar-refractivity contribution is -0.233. The summed E-state index contributed by atoms with van der Waals surface area (Å²) in [6.45, 7) is 9.91. The van der Waals surface area contributed by atoms with E-state index < -0.39 is 61.5 Å². The first kappa shape index (κ1) is 29.8. The summed E-state index contributed by atoms with van der Waals surface area (Å²) in [4.78, 5) is 41.5. The van der Waals surface area contributed by atoms with Gasteiger partial charge in [0, 0.05) is 11.8 Å². The molecule has 2 saturated heterocycles. The quantitative estimate of drug-likeness (QED) is 0.226. The van der Waals surface area contributed by atoms with Crippen LogP contribution in [-0.4, -0.2) is 63.9 Å². The number of hydrogen-bond acceptors (Lipinski definition) is 10. The summed E-state index contributed by atoms with van der Waals surface area (Å²) in [6.07, 6.45) is -4.11. The van der Waals surface area contributed by atoms with Crippen LogP contribution in [-0.2, 0) is 41.3 Å². The Labute approximate surface area is 206 Å². The Morgan fingerprint density at radius 1 is 0.657 bits per heavy atom. The molecule has 0 amide bonds. The molecule has 17 heteroatoms. The van der Waals surface area contributed by atoms with Crippen molar-refractivity contribution >= 4 is 23.5 Å². The molecule has 2 fully saturated rings. The molecule has 14 nitrogen and oxygen atoms in total. The van der Waals surface area contributed by atoms with Gasteiger partial charge in [0.1, 0.15) is 0 Å². The number of phosphoric ester groups is 3. The van der Waals surface area contributed by atoms with Gasteiger partial charge in [-0.1, -0.05) is 41.5 Å². The van der Waals surface area contributed by atoms with E-state index in [0.29, 0.717) is 0 Å². The molecule has 0 radical (unpaired) electrons. The van der Waals surface area contributed by atoms with Crippen LogP contribution in [0.3, 0.4) is 0 Å². The third-order valence-corrected chi connectivity index (χ3v) is 9.16. The highest BCUT2D eigenvalue weighted by Crippen LogP contribution is 2.51. The van der Waals surface area contributed by atoms with Crippen molar-refractivity contribution in [3.63, 3.8) is 0 Å². The first-order valence-electron chi connectivity index (χ1n) is 11.6. The lowest BCUT2D eigenvalue weighted by Crippen LogP contribution is -2.48. The SMILES string of the molecule is [3H]OP(=O)(O)O[C@H]1OC(COP(=O)(O)O[C@H]2OC(COP(=O)(O)O)[C@@H](C)[C@H](C)C2C)[C@@H](C)[C@H](C)C1C. The molecule has 2 aliphatic rings. The van der Waals surface area contributed by atoms with E-state index in [4.69, 9.17) is 34.3 Å². The van der Waals surface area contributed by atoms with Crippen molar-refractivity contribution in [1.29, 1.82) is 1.43 Å². The second kappa shape index (κ2) is 12.0. The first-order valence-corrected chi connectivity index (χ1v) is 15.7. The Kier molecular flexibility index (Phi) is 10.2. The highest BCUT2D eigenvalue weighted by Gasteiger charge is 2.46. The average molecular weight is 572 g/mol. The van der Waals surface area contributed by atoms with Crippen LogP contribution in [0.25, 0.3) is 0 Å². The Morgan fingerprint density at radius 3 is 1.51 bits per heavy atom. The molecule has 2 rings (SSSR count). The summed E-state index contributed by atoms with van der Waals surface area (Å²) in [5.41, 5.74) is 0. The number of phosphoric acid groups is 3. The molecule has 0 aromatic heterocycles. The van der Waals surface area contributed by atoms with E-state index in [2.05, 4.69) is 9.42 Å². The molecule has 0 spiro atoms. The van der Waals surface area contributed by atoms with Crippen LogP contribution in [0.4, 0.5) is 0 Å². The smallest absolute Gasteiger partial charge is 0.346 e. The fraction of sp³-hybridized carbons (Fsp3) is 1.00. The number of hydrogen-bond donors (Lipinski definition) is 5. The standard InChI is InChI=1S/C18H37O14P3/c1-9-12(4)16(29-17(13(9)5)31-34(22,23)24)8-28-35(25,26)32-18-14(6)10(2)11(3)15(30-18)7-27-33(19,20)21/h9-18H,7-8H2,1-6H3,(H,25,26)(H2,19,20,21)(H2,22,23,24)/t9-,10-,11-,12-,13?,14?,15?,16?,17+,18+/m0/s1/i/hT. The van der Waals surface area contributed by atoms with Gasteiger partial charge in [-0.3, -0.25) is 18.1 Å². The van der Waals surface area contributed by atoms with E-state index in [9.17, 15) is 23.5 Å². The van der Waals surface area contributed by atoms with E-state index >= 15 is 0 Å². The zero-order valence-electron chi connectivity index (χ0n) is 21.4. The molecule has 12 atom stereocenters. The summed E-state index contributed by atoms with van der Waals surface area (Å²) < 4.78 is 73.4. The van der Waals surface area contributed by atoms with Gasteiger partial charge >= 0.3 is 23.5 Å². The normalized spacial score (nSPS) is 42.6. The second-order valence-electron chi connectivity index (χ2n) is 9.47. The summed E-state index contributed by atoms with van der Waals surface area (Å²) in [5, 5.41) is 0. The summed E-state index contributed by atoms with van der Waals surface area (Å²) >= 11 is 0. The van der Waals surface area contributed by atoms with Crippen LogP contribution in [0.2, 0.25) is 0 Å². The van der Waals surface area contributed by atoms with E-state index in [1.54, 1.807) is 20.8 Å². The van der Waals surface area contributed by atoms with Gasteiger partial charge in [0.15, 0.2) is 12.6 Å². The zero-order valence-corrected chi connectivity index (χ0v) is 23.1. The largest absolute Gasteiger partial charge is 0.474 e. The maximum absolute atomic E-state index is 12.8. The third kappa shape index (κ3) is 9.19. The van der Waals surface area contributed by atoms with Crippen LogP contribution in [0, 0.1) is 35.5 Å². The maximum atomic E-state index is 12.8. The summed E-state index contributed by atoms with van der Waals surface area (Å²) in [5.74, 6) is -1.39. The molecule has 0 aliphatic carbocycles. The van der Waals surface area contributed by atoms with Gasteiger partial charge in [-0.2, -0.15) is 0 Å². The number of ether oxygens (including phenoxy) is 2. The van der Waals surface area contributed by atoms with Crippen LogP contribution < -0.4 is 0 Å². The lowest BCUT2D eigenvalue weighted by atomic mass is 9.79. The molecule has 208 valence electrons. The highest BCUT2D eigenvalue weighted by atomic mass is 31.2. The Morgan fingerprint density at radius 2 is 1.09 bits per heavy atom.